The average Bonchev–Trinajstić information content (AvgIpc) is 1.61. The number of hydrogen-bond acceptors (Lipinski definition) is 5. The molecule has 0 aliphatic carbocycles. The van der Waals surface area contributed by atoms with Crippen molar-refractivity contribution in [3.63, 3.8) is 0 Å². The van der Waals surface area contributed by atoms with Gasteiger partial charge in [0.05, 0.1) is 67.4 Å². The standard InChI is InChI=1S/C101H62N8/c102-63-65-39-48-97(108-93-51-43-75(68-27-12-3-13-28-68)58-84(93)85-59-76(44-52-94(85)108)69-29-14-4-15-30-69)88(55-65)101-105-99(72-35-20-7-21-36-72)104-100(106-101)79-40-47-81(98(62-79)109-95-53-45-77(70-31-16-5-17-32-70)60-86(95)87-61-78(46-54-96(87)109)71-33-18-6-19-34-71)80-37-22-38-90(89(80)64-103)107-91-49-41-73(66-23-8-1-9-24-66)56-82(91)83-57-74(42-50-92(83)107)67-25-10-2-11-26-67/h1-62H. The molecule has 0 spiro atoms. The third kappa shape index (κ3) is 11.1. The largest absolute Gasteiger partial charge is 0.309 e. The molecule has 0 aliphatic heterocycles. The Bertz CT molecular complexity index is 6780. The fraction of sp³-hybridized carbons (Fsp3) is 0. The van der Waals surface area contributed by atoms with Crippen molar-refractivity contribution in [3.8, 4) is 141 Å². The zero-order valence-electron chi connectivity index (χ0n) is 58.9. The number of rotatable bonds is 13. The first-order valence-corrected chi connectivity index (χ1v) is 36.6. The Balaban J connectivity index is 0.837. The highest BCUT2D eigenvalue weighted by Crippen LogP contribution is 2.46. The second-order valence-electron chi connectivity index (χ2n) is 27.7. The van der Waals surface area contributed by atoms with Crippen LogP contribution in [-0.4, -0.2) is 28.7 Å². The van der Waals surface area contributed by atoms with Crippen LogP contribution in [0, 0.1) is 22.7 Å². The molecule has 0 unspecified atom stereocenters. The van der Waals surface area contributed by atoms with Gasteiger partial charge in [0.25, 0.3) is 0 Å². The summed E-state index contributed by atoms with van der Waals surface area (Å²) in [7, 11) is 0. The van der Waals surface area contributed by atoms with Crippen LogP contribution in [0.4, 0.5) is 0 Å². The summed E-state index contributed by atoms with van der Waals surface area (Å²) in [6.07, 6.45) is 0. The predicted octanol–water partition coefficient (Wildman–Crippen LogP) is 25.6. The minimum absolute atomic E-state index is 0.384. The van der Waals surface area contributed by atoms with E-state index in [1.54, 1.807) is 0 Å². The molecule has 4 heterocycles. The normalized spacial score (nSPS) is 11.5. The summed E-state index contributed by atoms with van der Waals surface area (Å²) in [6.45, 7) is 0. The third-order valence-electron chi connectivity index (χ3n) is 21.4. The summed E-state index contributed by atoms with van der Waals surface area (Å²) in [5, 5.41) is 29.5. The molecule has 0 radical (unpaired) electrons. The molecule has 0 N–H and O–H groups in total. The van der Waals surface area contributed by atoms with Crippen molar-refractivity contribution in [2.45, 2.75) is 0 Å². The lowest BCUT2D eigenvalue weighted by molar-refractivity contribution is 1.06. The topological polar surface area (TPSA) is 101 Å². The molecule has 8 nitrogen and oxygen atoms in total. The summed E-state index contributed by atoms with van der Waals surface area (Å²) < 4.78 is 6.93. The van der Waals surface area contributed by atoms with E-state index in [4.69, 9.17) is 15.0 Å². The first kappa shape index (κ1) is 63.6. The molecule has 20 rings (SSSR count). The van der Waals surface area contributed by atoms with Gasteiger partial charge in [0.1, 0.15) is 6.07 Å². The molecule has 0 amide bonds. The first-order valence-electron chi connectivity index (χ1n) is 36.6. The summed E-state index contributed by atoms with van der Waals surface area (Å²) >= 11 is 0. The SMILES string of the molecule is N#Cc1ccc(-n2c3ccc(-c4ccccc4)cc3c3cc(-c4ccccc4)ccc32)c(-c2nc(-c3ccccc3)nc(-c3ccc(-c4cccc(-n5c6ccc(-c7ccccc7)cc6c6cc(-c7ccccc7)ccc65)c4C#N)c(-n4c5ccc(-c6ccccc6)cc5c5cc(-c6ccccc6)ccc54)c3)n2)c1. The first-order chi connectivity index (χ1) is 53.9. The van der Waals surface area contributed by atoms with Crippen molar-refractivity contribution in [2.24, 2.45) is 0 Å². The Morgan fingerprint density at radius 3 is 0.853 bits per heavy atom. The maximum Gasteiger partial charge on any atom is 0.166 e. The van der Waals surface area contributed by atoms with Gasteiger partial charge in [-0.2, -0.15) is 10.5 Å². The van der Waals surface area contributed by atoms with Crippen LogP contribution < -0.4 is 0 Å². The van der Waals surface area contributed by atoms with Gasteiger partial charge in [-0.3, -0.25) is 0 Å². The summed E-state index contributed by atoms with van der Waals surface area (Å²) in [5.41, 5.74) is 26.1. The number of hydrogen-bond donors (Lipinski definition) is 0. The molecule has 4 aromatic heterocycles. The van der Waals surface area contributed by atoms with Crippen LogP contribution in [0.15, 0.2) is 376 Å². The van der Waals surface area contributed by atoms with Crippen molar-refractivity contribution in [3.05, 3.63) is 387 Å². The highest BCUT2D eigenvalue weighted by atomic mass is 15.1. The van der Waals surface area contributed by atoms with Crippen molar-refractivity contribution in [1.82, 2.24) is 28.7 Å². The highest BCUT2D eigenvalue weighted by molar-refractivity contribution is 6.15. The van der Waals surface area contributed by atoms with Gasteiger partial charge in [-0.25, -0.2) is 15.0 Å². The number of fused-ring (bicyclic) bond motifs is 9. The highest BCUT2D eigenvalue weighted by Gasteiger charge is 2.27. The third-order valence-corrected chi connectivity index (χ3v) is 21.4. The second kappa shape index (κ2) is 26.6. The van der Waals surface area contributed by atoms with Crippen LogP contribution in [0.2, 0.25) is 0 Å². The molecule has 0 saturated heterocycles. The van der Waals surface area contributed by atoms with E-state index in [0.717, 1.165) is 166 Å². The van der Waals surface area contributed by atoms with Crippen LogP contribution in [-0.2, 0) is 0 Å². The van der Waals surface area contributed by atoms with E-state index in [2.05, 4.69) is 341 Å². The lowest BCUT2D eigenvalue weighted by Crippen LogP contribution is -2.05. The smallest absolute Gasteiger partial charge is 0.166 e. The van der Waals surface area contributed by atoms with Gasteiger partial charge >= 0.3 is 0 Å². The fourth-order valence-corrected chi connectivity index (χ4v) is 16.2. The molecule has 109 heavy (non-hydrogen) atoms. The zero-order chi connectivity index (χ0) is 72.5. The quantitative estimate of drug-likeness (QED) is 0.114. The second-order valence-corrected chi connectivity index (χ2v) is 27.7. The maximum atomic E-state index is 12.2. The van der Waals surface area contributed by atoms with Gasteiger partial charge in [-0.15, -0.1) is 0 Å². The van der Waals surface area contributed by atoms with Gasteiger partial charge in [0.15, 0.2) is 17.5 Å². The summed E-state index contributed by atoms with van der Waals surface area (Å²) in [4.78, 5) is 16.6. The zero-order valence-corrected chi connectivity index (χ0v) is 58.9. The molecule has 0 atom stereocenters. The van der Waals surface area contributed by atoms with Crippen molar-refractivity contribution in [1.29, 1.82) is 10.5 Å². The minimum atomic E-state index is 0.384. The molecule has 0 bridgehead atoms. The number of benzene rings is 16. The number of nitrogens with zero attached hydrogens (tertiary/aromatic N) is 8. The Morgan fingerprint density at radius 2 is 0.505 bits per heavy atom. The molecular weight excluding hydrogens is 1330 g/mol. The molecular formula is C101H62N8. The molecule has 506 valence electrons. The van der Waals surface area contributed by atoms with Crippen LogP contribution in [0.3, 0.4) is 0 Å². The van der Waals surface area contributed by atoms with Gasteiger partial charge in [-0.1, -0.05) is 273 Å². The van der Waals surface area contributed by atoms with Gasteiger partial charge in [0, 0.05) is 60.1 Å². The Kier molecular flexibility index (Phi) is 15.5. The van der Waals surface area contributed by atoms with Crippen LogP contribution in [0.1, 0.15) is 11.1 Å². The van der Waals surface area contributed by atoms with Crippen LogP contribution in [0.25, 0.3) is 195 Å². The van der Waals surface area contributed by atoms with Crippen molar-refractivity contribution < 1.29 is 0 Å². The Morgan fingerprint density at radius 1 is 0.193 bits per heavy atom. The maximum absolute atomic E-state index is 12.2. The van der Waals surface area contributed by atoms with Gasteiger partial charge in [0.2, 0.25) is 0 Å². The predicted molar refractivity (Wildman–Crippen MR) is 447 cm³/mol. The molecule has 8 heteroatoms. The van der Waals surface area contributed by atoms with Crippen LogP contribution >= 0.6 is 0 Å². The monoisotopic (exact) mass is 1390 g/mol. The fourth-order valence-electron chi connectivity index (χ4n) is 16.2. The van der Waals surface area contributed by atoms with Gasteiger partial charge < -0.3 is 13.7 Å². The van der Waals surface area contributed by atoms with Crippen molar-refractivity contribution >= 4 is 65.4 Å². The van der Waals surface area contributed by atoms with E-state index in [0.29, 0.717) is 39.7 Å². The number of aromatic nitrogens is 6. The van der Waals surface area contributed by atoms with Gasteiger partial charge in [-0.05, 0) is 170 Å². The lowest BCUT2D eigenvalue weighted by Gasteiger charge is -2.19. The van der Waals surface area contributed by atoms with E-state index in [9.17, 15) is 10.5 Å². The Labute approximate surface area is 629 Å². The minimum Gasteiger partial charge on any atom is -0.309 e. The van der Waals surface area contributed by atoms with E-state index >= 15 is 0 Å². The van der Waals surface area contributed by atoms with E-state index in [-0.39, 0.29) is 0 Å². The summed E-state index contributed by atoms with van der Waals surface area (Å²) in [6, 6.07) is 137. The molecule has 0 aliphatic rings. The molecule has 16 aromatic carbocycles. The number of nitriles is 2. The summed E-state index contributed by atoms with van der Waals surface area (Å²) in [5.74, 6) is 1.25. The van der Waals surface area contributed by atoms with E-state index in [1.807, 2.05) is 60.7 Å². The lowest BCUT2D eigenvalue weighted by atomic mass is 9.95. The van der Waals surface area contributed by atoms with E-state index in [1.165, 1.54) is 0 Å². The van der Waals surface area contributed by atoms with Crippen LogP contribution in [0.5, 0.6) is 0 Å². The molecule has 0 saturated carbocycles. The molecule has 20 aromatic rings. The average molecular weight is 1390 g/mol. The Hall–Kier alpha value is -15.1. The van der Waals surface area contributed by atoms with E-state index < -0.39 is 0 Å². The molecule has 0 fully saturated rings. The van der Waals surface area contributed by atoms with Crippen molar-refractivity contribution in [2.75, 3.05) is 0 Å².